The van der Waals surface area contributed by atoms with Crippen LogP contribution in [0, 0.1) is 5.82 Å². The second-order valence-electron chi connectivity index (χ2n) is 8.47. The molecule has 0 fully saturated rings. The summed E-state index contributed by atoms with van der Waals surface area (Å²) in [5.74, 6) is 0.697. The molecule has 3 nitrogen and oxygen atoms in total. The number of unbranched alkanes of at least 4 members (excludes halogenated alkanes) is 1. The van der Waals surface area contributed by atoms with Crippen molar-refractivity contribution in [2.45, 2.75) is 46.3 Å². The third kappa shape index (κ3) is 5.40. The van der Waals surface area contributed by atoms with Crippen LogP contribution in [0.25, 0.3) is 22.6 Å². The van der Waals surface area contributed by atoms with Gasteiger partial charge in [-0.2, -0.15) is 0 Å². The van der Waals surface area contributed by atoms with E-state index in [-0.39, 0.29) is 5.82 Å². The maximum atomic E-state index is 14.7. The van der Waals surface area contributed by atoms with E-state index in [1.54, 1.807) is 12.1 Å². The van der Waals surface area contributed by atoms with Crippen LogP contribution in [0.3, 0.4) is 0 Å². The van der Waals surface area contributed by atoms with Crippen molar-refractivity contribution in [1.82, 2.24) is 14.5 Å². The molecule has 0 aliphatic heterocycles. The molecule has 0 atom stereocenters. The van der Waals surface area contributed by atoms with Crippen molar-refractivity contribution in [1.29, 1.82) is 0 Å². The molecule has 5 heteroatoms. The highest BCUT2D eigenvalue weighted by atomic mass is 35.5. The van der Waals surface area contributed by atoms with Gasteiger partial charge in [0.2, 0.25) is 0 Å². The van der Waals surface area contributed by atoms with Crippen LogP contribution in [-0.4, -0.2) is 21.0 Å². The van der Waals surface area contributed by atoms with Crippen LogP contribution in [0.15, 0.2) is 78.9 Å². The minimum atomic E-state index is -0.258. The van der Waals surface area contributed by atoms with Crippen LogP contribution in [0.1, 0.15) is 37.9 Å². The van der Waals surface area contributed by atoms with Gasteiger partial charge in [-0.1, -0.05) is 91.7 Å². The van der Waals surface area contributed by atoms with Gasteiger partial charge in [0.1, 0.15) is 11.6 Å². The Hall–Kier alpha value is -2.95. The molecule has 0 amide bonds. The van der Waals surface area contributed by atoms with Crippen LogP contribution in [0.5, 0.6) is 0 Å². The fraction of sp³-hybridized carbons (Fsp3) is 0.276. The maximum absolute atomic E-state index is 14.7. The van der Waals surface area contributed by atoms with Gasteiger partial charge < -0.3 is 4.57 Å². The summed E-state index contributed by atoms with van der Waals surface area (Å²) in [6.45, 7) is 7.08. The second kappa shape index (κ2) is 11.5. The normalized spacial score (nSPS) is 11.3. The topological polar surface area (TPSA) is 21.1 Å². The Morgan fingerprint density at radius 2 is 1.53 bits per heavy atom. The van der Waals surface area contributed by atoms with Gasteiger partial charge in [0.25, 0.3) is 0 Å². The van der Waals surface area contributed by atoms with Crippen molar-refractivity contribution >= 4 is 11.6 Å². The summed E-state index contributed by atoms with van der Waals surface area (Å²) in [6, 6.07) is 25.5. The first-order valence-electron chi connectivity index (χ1n) is 12.0. The molecule has 0 aliphatic rings. The number of rotatable bonds is 10. The van der Waals surface area contributed by atoms with Gasteiger partial charge >= 0.3 is 0 Å². The van der Waals surface area contributed by atoms with Gasteiger partial charge in [0, 0.05) is 41.3 Å². The van der Waals surface area contributed by atoms with Crippen molar-refractivity contribution in [3.63, 3.8) is 0 Å². The molecule has 1 heterocycles. The summed E-state index contributed by atoms with van der Waals surface area (Å²) in [5.41, 5.74) is 4.83. The van der Waals surface area contributed by atoms with E-state index in [4.69, 9.17) is 16.6 Å². The fourth-order valence-electron chi connectivity index (χ4n) is 4.34. The molecule has 3 aromatic carbocycles. The summed E-state index contributed by atoms with van der Waals surface area (Å²) in [4.78, 5) is 7.42. The van der Waals surface area contributed by atoms with E-state index in [1.165, 1.54) is 6.07 Å². The number of aromatic nitrogens is 2. The monoisotopic (exact) mass is 475 g/mol. The molecule has 4 rings (SSSR count). The summed E-state index contributed by atoms with van der Waals surface area (Å²) >= 11 is 6.40. The van der Waals surface area contributed by atoms with Crippen molar-refractivity contribution < 1.29 is 4.39 Å². The predicted molar refractivity (Wildman–Crippen MR) is 139 cm³/mol. The van der Waals surface area contributed by atoms with Crippen LogP contribution in [-0.2, 0) is 19.6 Å². The molecule has 0 radical (unpaired) electrons. The molecule has 34 heavy (non-hydrogen) atoms. The van der Waals surface area contributed by atoms with Gasteiger partial charge in [0.15, 0.2) is 0 Å². The SMILES string of the molecule is CCCCN(Cc1c(F)cccc1Cl)Cc1c(-c2ccccc2)nc(-c2ccccc2)n1CC. The first-order chi connectivity index (χ1) is 16.6. The highest BCUT2D eigenvalue weighted by molar-refractivity contribution is 6.31. The Morgan fingerprint density at radius 3 is 2.15 bits per heavy atom. The van der Waals surface area contributed by atoms with Crippen LogP contribution >= 0.6 is 11.6 Å². The first-order valence-corrected chi connectivity index (χ1v) is 12.4. The molecule has 0 saturated carbocycles. The average molecular weight is 476 g/mol. The molecule has 0 unspecified atom stereocenters. The minimum Gasteiger partial charge on any atom is -0.327 e. The number of benzene rings is 3. The number of imidazole rings is 1. The Kier molecular flexibility index (Phi) is 8.15. The average Bonchev–Trinajstić information content (AvgIpc) is 3.23. The third-order valence-corrected chi connectivity index (χ3v) is 6.47. The van der Waals surface area contributed by atoms with Crippen molar-refractivity contribution in [3.05, 3.63) is 101 Å². The maximum Gasteiger partial charge on any atom is 0.140 e. The number of nitrogens with zero attached hydrogens (tertiary/aromatic N) is 3. The third-order valence-electron chi connectivity index (χ3n) is 6.11. The van der Waals surface area contributed by atoms with Crippen LogP contribution in [0.4, 0.5) is 4.39 Å². The van der Waals surface area contributed by atoms with Crippen molar-refractivity contribution in [2.75, 3.05) is 6.54 Å². The standard InChI is InChI=1S/C29H31ClFN3/c1-3-5-19-33(20-24-25(30)17-12-18-26(24)31)21-27-28(22-13-8-6-9-14-22)32-29(34(27)4-2)23-15-10-7-11-16-23/h6-18H,3-5,19-21H2,1-2H3. The van der Waals surface area contributed by atoms with Gasteiger partial charge in [0.05, 0.1) is 11.4 Å². The molecular weight excluding hydrogens is 445 g/mol. The van der Waals surface area contributed by atoms with E-state index in [0.717, 1.165) is 54.3 Å². The van der Waals surface area contributed by atoms with Crippen molar-refractivity contribution in [2.24, 2.45) is 0 Å². The van der Waals surface area contributed by atoms with Gasteiger partial charge in [-0.05, 0) is 32.0 Å². The first kappa shape index (κ1) is 24.2. The lowest BCUT2D eigenvalue weighted by atomic mass is 10.1. The molecule has 0 saturated heterocycles. The molecular formula is C29H31ClFN3. The van der Waals surface area contributed by atoms with E-state index in [1.807, 2.05) is 36.4 Å². The molecule has 4 aromatic rings. The number of halogens is 2. The number of hydrogen-bond donors (Lipinski definition) is 0. The zero-order valence-corrected chi connectivity index (χ0v) is 20.6. The highest BCUT2D eigenvalue weighted by Gasteiger charge is 2.22. The summed E-state index contributed by atoms with van der Waals surface area (Å²) in [7, 11) is 0. The quantitative estimate of drug-likeness (QED) is 0.233. The smallest absolute Gasteiger partial charge is 0.140 e. The second-order valence-corrected chi connectivity index (χ2v) is 8.88. The Balaban J connectivity index is 1.79. The predicted octanol–water partition coefficient (Wildman–Crippen LogP) is 7.83. The lowest BCUT2D eigenvalue weighted by Gasteiger charge is -2.24. The Morgan fingerprint density at radius 1 is 0.853 bits per heavy atom. The van der Waals surface area contributed by atoms with Crippen LogP contribution < -0.4 is 0 Å². The highest BCUT2D eigenvalue weighted by Crippen LogP contribution is 2.31. The summed E-state index contributed by atoms with van der Waals surface area (Å²) < 4.78 is 16.9. The lowest BCUT2D eigenvalue weighted by molar-refractivity contribution is 0.243. The fourth-order valence-corrected chi connectivity index (χ4v) is 4.56. The van der Waals surface area contributed by atoms with Gasteiger partial charge in [-0.25, -0.2) is 9.37 Å². The zero-order valence-electron chi connectivity index (χ0n) is 19.8. The van der Waals surface area contributed by atoms with Crippen LogP contribution in [0.2, 0.25) is 5.02 Å². The van der Waals surface area contributed by atoms with E-state index in [2.05, 4.69) is 47.6 Å². The lowest BCUT2D eigenvalue weighted by Crippen LogP contribution is -2.26. The minimum absolute atomic E-state index is 0.258. The molecule has 1 aromatic heterocycles. The van der Waals surface area contributed by atoms with E-state index >= 15 is 0 Å². The molecule has 0 aliphatic carbocycles. The number of hydrogen-bond acceptors (Lipinski definition) is 2. The van der Waals surface area contributed by atoms with E-state index in [0.29, 0.717) is 23.7 Å². The molecule has 0 spiro atoms. The molecule has 0 N–H and O–H groups in total. The molecule has 176 valence electrons. The Bertz CT molecular complexity index is 1180. The Labute approximate surface area is 206 Å². The summed E-state index contributed by atoms with van der Waals surface area (Å²) in [6.07, 6.45) is 2.09. The zero-order chi connectivity index (χ0) is 23.9. The van der Waals surface area contributed by atoms with E-state index in [9.17, 15) is 4.39 Å². The van der Waals surface area contributed by atoms with E-state index < -0.39 is 0 Å². The van der Waals surface area contributed by atoms with Gasteiger partial charge in [-0.3, -0.25) is 4.90 Å². The van der Waals surface area contributed by atoms with Gasteiger partial charge in [-0.15, -0.1) is 0 Å². The molecule has 0 bridgehead atoms. The van der Waals surface area contributed by atoms with Crippen molar-refractivity contribution in [3.8, 4) is 22.6 Å². The largest absolute Gasteiger partial charge is 0.327 e. The summed E-state index contributed by atoms with van der Waals surface area (Å²) in [5, 5.41) is 0.471.